The Balaban J connectivity index is 1.72. The first-order valence-corrected chi connectivity index (χ1v) is 8.12. The average molecular weight is 318 g/mol. The summed E-state index contributed by atoms with van der Waals surface area (Å²) < 4.78 is 1.73. The number of carbonyl (C=O) groups is 1. The molecule has 3 heterocycles. The molecule has 0 aliphatic carbocycles. The molecule has 0 radical (unpaired) electrons. The Morgan fingerprint density at radius 1 is 1.43 bits per heavy atom. The van der Waals surface area contributed by atoms with Crippen LogP contribution in [-0.4, -0.2) is 32.6 Å². The Morgan fingerprint density at radius 3 is 2.95 bits per heavy atom. The minimum Gasteiger partial charge on any atom is -0.336 e. The summed E-state index contributed by atoms with van der Waals surface area (Å²) in [7, 11) is 3.64. The van der Waals surface area contributed by atoms with Crippen molar-refractivity contribution >= 4 is 28.6 Å². The highest BCUT2D eigenvalue weighted by Gasteiger charge is 2.17. The summed E-state index contributed by atoms with van der Waals surface area (Å²) >= 11 is 3.13. The first-order chi connectivity index (χ1) is 10.1. The average Bonchev–Trinajstić information content (AvgIpc) is 3.18. The number of aryl methyl sites for hydroxylation is 1. The van der Waals surface area contributed by atoms with Gasteiger partial charge >= 0.3 is 0 Å². The standard InChI is InChI=1S/C14H14N4OS2/c1-17(7-10-6-15-18(2)8-10)14(19)11-9-21-13(16-11)12-4-3-5-20-12/h3-6,8-9H,7H2,1-2H3. The summed E-state index contributed by atoms with van der Waals surface area (Å²) in [6, 6.07) is 3.99. The summed E-state index contributed by atoms with van der Waals surface area (Å²) in [5, 5.41) is 8.82. The molecule has 0 aliphatic rings. The summed E-state index contributed by atoms with van der Waals surface area (Å²) in [5.74, 6) is -0.0714. The van der Waals surface area contributed by atoms with Crippen molar-refractivity contribution in [2.45, 2.75) is 6.54 Å². The van der Waals surface area contributed by atoms with Crippen LogP contribution in [0, 0.1) is 0 Å². The summed E-state index contributed by atoms with van der Waals surface area (Å²) in [6.07, 6.45) is 3.67. The molecule has 0 saturated heterocycles. The van der Waals surface area contributed by atoms with Crippen molar-refractivity contribution in [1.82, 2.24) is 19.7 Å². The van der Waals surface area contributed by atoms with Gasteiger partial charge in [0.25, 0.3) is 5.91 Å². The number of hydrogen-bond acceptors (Lipinski definition) is 5. The van der Waals surface area contributed by atoms with Crippen molar-refractivity contribution < 1.29 is 4.79 Å². The molecule has 0 fully saturated rings. The van der Waals surface area contributed by atoms with Crippen molar-refractivity contribution in [2.75, 3.05) is 7.05 Å². The third-order valence-corrected chi connectivity index (χ3v) is 4.86. The summed E-state index contributed by atoms with van der Waals surface area (Å²) in [6.45, 7) is 0.526. The van der Waals surface area contributed by atoms with Gasteiger partial charge in [-0.3, -0.25) is 9.48 Å². The van der Waals surface area contributed by atoms with Crippen LogP contribution in [0.2, 0.25) is 0 Å². The van der Waals surface area contributed by atoms with E-state index in [1.54, 1.807) is 34.2 Å². The molecule has 0 atom stereocenters. The predicted octanol–water partition coefficient (Wildman–Crippen LogP) is 2.88. The second-order valence-electron chi connectivity index (χ2n) is 4.70. The van der Waals surface area contributed by atoms with Gasteiger partial charge in [0.1, 0.15) is 10.7 Å². The van der Waals surface area contributed by atoms with Crippen LogP contribution in [0.4, 0.5) is 0 Å². The molecule has 21 heavy (non-hydrogen) atoms. The monoisotopic (exact) mass is 318 g/mol. The van der Waals surface area contributed by atoms with E-state index in [1.165, 1.54) is 11.3 Å². The van der Waals surface area contributed by atoms with Crippen LogP contribution in [0.15, 0.2) is 35.3 Å². The largest absolute Gasteiger partial charge is 0.336 e. The fourth-order valence-electron chi connectivity index (χ4n) is 1.98. The van der Waals surface area contributed by atoms with Gasteiger partial charge in [-0.15, -0.1) is 22.7 Å². The SMILES string of the molecule is CN(Cc1cnn(C)c1)C(=O)c1csc(-c2cccs2)n1. The molecular formula is C14H14N4OS2. The topological polar surface area (TPSA) is 51.0 Å². The number of hydrogen-bond donors (Lipinski definition) is 0. The molecule has 0 saturated carbocycles. The van der Waals surface area contributed by atoms with Crippen molar-refractivity contribution in [3.63, 3.8) is 0 Å². The summed E-state index contributed by atoms with van der Waals surface area (Å²) in [4.78, 5) is 19.6. The van der Waals surface area contributed by atoms with Gasteiger partial charge in [-0.25, -0.2) is 4.98 Å². The maximum Gasteiger partial charge on any atom is 0.273 e. The molecule has 5 nitrogen and oxygen atoms in total. The highest BCUT2D eigenvalue weighted by Crippen LogP contribution is 2.28. The number of aromatic nitrogens is 3. The van der Waals surface area contributed by atoms with Crippen molar-refractivity contribution in [3.8, 4) is 9.88 Å². The van der Waals surface area contributed by atoms with E-state index < -0.39 is 0 Å². The van der Waals surface area contributed by atoms with Crippen LogP contribution < -0.4 is 0 Å². The maximum atomic E-state index is 12.4. The van der Waals surface area contributed by atoms with E-state index >= 15 is 0 Å². The van der Waals surface area contributed by atoms with Crippen molar-refractivity contribution in [3.05, 3.63) is 46.5 Å². The normalized spacial score (nSPS) is 10.8. The fraction of sp³-hybridized carbons (Fsp3) is 0.214. The van der Waals surface area contributed by atoms with Crippen LogP contribution >= 0.6 is 22.7 Å². The maximum absolute atomic E-state index is 12.4. The van der Waals surface area contributed by atoms with Gasteiger partial charge in [0.15, 0.2) is 0 Å². The van der Waals surface area contributed by atoms with Gasteiger partial charge < -0.3 is 4.90 Å². The van der Waals surface area contributed by atoms with E-state index in [2.05, 4.69) is 10.1 Å². The Labute approximate surface area is 130 Å². The van der Waals surface area contributed by atoms with Crippen LogP contribution in [0.1, 0.15) is 16.1 Å². The molecule has 3 aromatic rings. The molecule has 108 valence electrons. The van der Waals surface area contributed by atoms with Gasteiger partial charge in [0.05, 0.1) is 11.1 Å². The number of nitrogens with zero attached hydrogens (tertiary/aromatic N) is 4. The molecule has 0 spiro atoms. The van der Waals surface area contributed by atoms with Crippen LogP contribution in [0.5, 0.6) is 0 Å². The Hall–Kier alpha value is -1.99. The highest BCUT2D eigenvalue weighted by atomic mass is 32.1. The lowest BCUT2D eigenvalue weighted by molar-refractivity contribution is 0.0780. The van der Waals surface area contributed by atoms with Gasteiger partial charge in [0, 0.05) is 37.8 Å². The smallest absolute Gasteiger partial charge is 0.273 e. The number of thiophene rings is 1. The molecule has 3 rings (SSSR count). The van der Waals surface area contributed by atoms with Gasteiger partial charge in [-0.2, -0.15) is 5.10 Å². The van der Waals surface area contributed by atoms with Gasteiger partial charge in [0.2, 0.25) is 0 Å². The molecule has 0 bridgehead atoms. The number of rotatable bonds is 4. The fourth-order valence-corrected chi connectivity index (χ4v) is 3.59. The Morgan fingerprint density at radius 2 is 2.29 bits per heavy atom. The second-order valence-corrected chi connectivity index (χ2v) is 6.50. The molecule has 0 unspecified atom stereocenters. The van der Waals surface area contributed by atoms with Crippen LogP contribution in [0.25, 0.3) is 9.88 Å². The zero-order valence-corrected chi connectivity index (χ0v) is 13.3. The molecule has 0 N–H and O–H groups in total. The number of carbonyl (C=O) groups excluding carboxylic acids is 1. The minimum absolute atomic E-state index is 0.0714. The Bertz CT molecular complexity index is 745. The van der Waals surface area contributed by atoms with Gasteiger partial charge in [-0.1, -0.05) is 6.07 Å². The highest BCUT2D eigenvalue weighted by molar-refractivity contribution is 7.20. The predicted molar refractivity (Wildman–Crippen MR) is 84.4 cm³/mol. The van der Waals surface area contributed by atoms with E-state index in [0.717, 1.165) is 15.4 Å². The van der Waals surface area contributed by atoms with Crippen LogP contribution in [0.3, 0.4) is 0 Å². The number of thiazole rings is 1. The molecule has 7 heteroatoms. The molecule has 0 aromatic carbocycles. The van der Waals surface area contributed by atoms with Crippen molar-refractivity contribution in [2.24, 2.45) is 7.05 Å². The lowest BCUT2D eigenvalue weighted by atomic mass is 10.3. The molecule has 0 aliphatic heterocycles. The zero-order valence-electron chi connectivity index (χ0n) is 11.7. The minimum atomic E-state index is -0.0714. The van der Waals surface area contributed by atoms with E-state index in [9.17, 15) is 4.79 Å². The number of amides is 1. The van der Waals surface area contributed by atoms with Crippen molar-refractivity contribution in [1.29, 1.82) is 0 Å². The van der Waals surface area contributed by atoms with E-state index in [-0.39, 0.29) is 5.91 Å². The van der Waals surface area contributed by atoms with Gasteiger partial charge in [-0.05, 0) is 11.4 Å². The molecular weight excluding hydrogens is 304 g/mol. The second kappa shape index (κ2) is 5.79. The van der Waals surface area contributed by atoms with E-state index in [1.807, 2.05) is 36.1 Å². The van der Waals surface area contributed by atoms with Crippen LogP contribution in [-0.2, 0) is 13.6 Å². The lowest BCUT2D eigenvalue weighted by Gasteiger charge is -2.14. The summed E-state index contributed by atoms with van der Waals surface area (Å²) in [5.41, 5.74) is 1.50. The Kier molecular flexibility index (Phi) is 3.85. The van der Waals surface area contributed by atoms with E-state index in [0.29, 0.717) is 12.2 Å². The first-order valence-electron chi connectivity index (χ1n) is 6.36. The third kappa shape index (κ3) is 3.03. The zero-order chi connectivity index (χ0) is 14.8. The first kappa shape index (κ1) is 14.0. The van der Waals surface area contributed by atoms with E-state index in [4.69, 9.17) is 0 Å². The molecule has 3 aromatic heterocycles. The molecule has 1 amide bonds. The lowest BCUT2D eigenvalue weighted by Crippen LogP contribution is -2.26. The quantitative estimate of drug-likeness (QED) is 0.743. The third-order valence-electron chi connectivity index (χ3n) is 2.98.